The quantitative estimate of drug-likeness (QED) is 0.726. The van der Waals surface area contributed by atoms with Gasteiger partial charge in [0.05, 0.1) is 0 Å². The molecule has 0 amide bonds. The van der Waals surface area contributed by atoms with Crippen molar-refractivity contribution in [1.82, 2.24) is 9.88 Å². The number of rotatable bonds is 3. The molecule has 3 nitrogen and oxygen atoms in total. The van der Waals surface area contributed by atoms with Crippen LogP contribution in [0.3, 0.4) is 0 Å². The van der Waals surface area contributed by atoms with E-state index in [4.69, 9.17) is 0 Å². The zero-order chi connectivity index (χ0) is 11.5. The molecule has 0 aromatic carbocycles. The second-order valence-electron chi connectivity index (χ2n) is 4.62. The second-order valence-corrected chi connectivity index (χ2v) is 4.62. The monoisotopic (exact) mass is 223 g/mol. The van der Waals surface area contributed by atoms with Crippen LogP contribution in [0.4, 0.5) is 10.2 Å². The highest BCUT2D eigenvalue weighted by Gasteiger charge is 2.21. The van der Waals surface area contributed by atoms with E-state index in [1.807, 2.05) is 18.0 Å². The van der Waals surface area contributed by atoms with Gasteiger partial charge in [-0.25, -0.2) is 4.98 Å². The summed E-state index contributed by atoms with van der Waals surface area (Å²) >= 11 is 0. The molecular weight excluding hydrogens is 205 g/mol. The van der Waals surface area contributed by atoms with Gasteiger partial charge in [-0.05, 0) is 38.1 Å². The Morgan fingerprint density at radius 1 is 1.56 bits per heavy atom. The molecular formula is C12H18FN3. The summed E-state index contributed by atoms with van der Waals surface area (Å²) in [5, 5.41) is 0. The molecule has 88 valence electrons. The number of aromatic nitrogens is 1. The van der Waals surface area contributed by atoms with Crippen molar-refractivity contribution in [2.24, 2.45) is 5.92 Å². The summed E-state index contributed by atoms with van der Waals surface area (Å²) in [5.41, 5.74) is 0. The summed E-state index contributed by atoms with van der Waals surface area (Å²) in [6.45, 7) is 3.23. The van der Waals surface area contributed by atoms with E-state index in [1.54, 1.807) is 6.07 Å². The molecule has 2 heterocycles. The lowest BCUT2D eigenvalue weighted by molar-refractivity contribution is 0.395. The Kier molecular flexibility index (Phi) is 3.39. The molecule has 1 aromatic heterocycles. The summed E-state index contributed by atoms with van der Waals surface area (Å²) in [7, 11) is 4.11. The summed E-state index contributed by atoms with van der Waals surface area (Å²) < 4.78 is 13.0. The van der Waals surface area contributed by atoms with Crippen molar-refractivity contribution in [2.45, 2.75) is 6.42 Å². The van der Waals surface area contributed by atoms with E-state index in [9.17, 15) is 4.39 Å². The van der Waals surface area contributed by atoms with Crippen LogP contribution in [-0.2, 0) is 0 Å². The third-order valence-corrected chi connectivity index (χ3v) is 3.11. The lowest BCUT2D eigenvalue weighted by Crippen LogP contribution is -2.27. The van der Waals surface area contributed by atoms with Gasteiger partial charge in [-0.1, -0.05) is 6.07 Å². The number of halogens is 1. The normalized spacial score (nSPS) is 21.3. The third-order valence-electron chi connectivity index (χ3n) is 3.11. The zero-order valence-electron chi connectivity index (χ0n) is 9.86. The average molecular weight is 223 g/mol. The molecule has 0 aliphatic carbocycles. The van der Waals surface area contributed by atoms with E-state index < -0.39 is 5.95 Å². The van der Waals surface area contributed by atoms with Gasteiger partial charge in [-0.2, -0.15) is 4.39 Å². The molecule has 1 atom stereocenters. The number of hydrogen-bond acceptors (Lipinski definition) is 3. The number of likely N-dealkylation sites (tertiary alicyclic amines) is 1. The van der Waals surface area contributed by atoms with Crippen LogP contribution in [0.15, 0.2) is 18.2 Å². The van der Waals surface area contributed by atoms with Crippen molar-refractivity contribution in [3.05, 3.63) is 24.1 Å². The van der Waals surface area contributed by atoms with Gasteiger partial charge in [0.1, 0.15) is 5.82 Å². The molecule has 0 saturated carbocycles. The first-order valence-corrected chi connectivity index (χ1v) is 5.67. The predicted octanol–water partition coefficient (Wildman–Crippen LogP) is 1.61. The highest BCUT2D eigenvalue weighted by Crippen LogP contribution is 2.18. The summed E-state index contributed by atoms with van der Waals surface area (Å²) in [4.78, 5) is 8.25. The van der Waals surface area contributed by atoms with Gasteiger partial charge in [0.2, 0.25) is 5.95 Å². The fraction of sp³-hybridized carbons (Fsp3) is 0.583. The van der Waals surface area contributed by atoms with Crippen LogP contribution in [0.1, 0.15) is 6.42 Å². The minimum atomic E-state index is -0.409. The first-order valence-electron chi connectivity index (χ1n) is 5.67. The van der Waals surface area contributed by atoms with Crippen LogP contribution in [0, 0.1) is 11.9 Å². The summed E-state index contributed by atoms with van der Waals surface area (Å²) in [6.07, 6.45) is 1.22. The second kappa shape index (κ2) is 4.78. The van der Waals surface area contributed by atoms with Gasteiger partial charge in [-0.15, -0.1) is 0 Å². The molecule has 2 rings (SSSR count). The molecule has 1 aliphatic rings. The minimum absolute atomic E-state index is 0.409. The maximum Gasteiger partial charge on any atom is 0.214 e. The SMILES string of the molecule is CN1CCC(CN(C)c2cccc(F)n2)C1. The van der Waals surface area contributed by atoms with Crippen LogP contribution in [0.5, 0.6) is 0 Å². The van der Waals surface area contributed by atoms with Gasteiger partial charge in [0.15, 0.2) is 0 Å². The maximum absolute atomic E-state index is 13.0. The average Bonchev–Trinajstić information content (AvgIpc) is 2.64. The molecule has 0 bridgehead atoms. The highest BCUT2D eigenvalue weighted by atomic mass is 19.1. The first-order chi connectivity index (χ1) is 7.65. The Morgan fingerprint density at radius 2 is 2.38 bits per heavy atom. The van der Waals surface area contributed by atoms with Crippen LogP contribution in [0.2, 0.25) is 0 Å². The molecule has 1 aliphatic heterocycles. The number of hydrogen-bond donors (Lipinski definition) is 0. The molecule has 0 radical (unpaired) electrons. The van der Waals surface area contributed by atoms with E-state index in [0.29, 0.717) is 5.92 Å². The molecule has 1 fully saturated rings. The van der Waals surface area contributed by atoms with Gasteiger partial charge < -0.3 is 9.80 Å². The summed E-state index contributed by atoms with van der Waals surface area (Å²) in [6, 6.07) is 4.93. The van der Waals surface area contributed by atoms with Crippen LogP contribution >= 0.6 is 0 Å². The van der Waals surface area contributed by atoms with E-state index in [-0.39, 0.29) is 0 Å². The van der Waals surface area contributed by atoms with Crippen LogP contribution in [-0.4, -0.2) is 43.6 Å². The van der Waals surface area contributed by atoms with Crippen molar-refractivity contribution in [3.63, 3.8) is 0 Å². The van der Waals surface area contributed by atoms with E-state index in [2.05, 4.69) is 16.9 Å². The third kappa shape index (κ3) is 2.70. The Hall–Kier alpha value is -1.16. The number of anilines is 1. The minimum Gasteiger partial charge on any atom is -0.359 e. The highest BCUT2D eigenvalue weighted by molar-refractivity contribution is 5.36. The van der Waals surface area contributed by atoms with Gasteiger partial charge in [0, 0.05) is 20.1 Å². The van der Waals surface area contributed by atoms with Gasteiger partial charge in [0.25, 0.3) is 0 Å². The first kappa shape index (κ1) is 11.3. The molecule has 0 spiro atoms. The Bertz CT molecular complexity index is 356. The van der Waals surface area contributed by atoms with Crippen molar-refractivity contribution in [2.75, 3.05) is 38.6 Å². The van der Waals surface area contributed by atoms with Crippen molar-refractivity contribution < 1.29 is 4.39 Å². The van der Waals surface area contributed by atoms with Gasteiger partial charge >= 0.3 is 0 Å². The molecule has 1 saturated heterocycles. The van der Waals surface area contributed by atoms with E-state index in [1.165, 1.54) is 12.5 Å². The Balaban J connectivity index is 1.95. The van der Waals surface area contributed by atoms with Crippen molar-refractivity contribution in [3.8, 4) is 0 Å². The van der Waals surface area contributed by atoms with E-state index in [0.717, 1.165) is 25.5 Å². The predicted molar refractivity (Wildman–Crippen MR) is 63.1 cm³/mol. The molecule has 1 aromatic rings. The lowest BCUT2D eigenvalue weighted by Gasteiger charge is -2.21. The Morgan fingerprint density at radius 3 is 3.00 bits per heavy atom. The largest absolute Gasteiger partial charge is 0.359 e. The molecule has 1 unspecified atom stereocenters. The molecule has 0 N–H and O–H groups in total. The summed E-state index contributed by atoms with van der Waals surface area (Å²) in [5.74, 6) is 0.975. The fourth-order valence-corrected chi connectivity index (χ4v) is 2.27. The number of pyridine rings is 1. The lowest BCUT2D eigenvalue weighted by atomic mass is 10.1. The smallest absolute Gasteiger partial charge is 0.214 e. The molecule has 16 heavy (non-hydrogen) atoms. The maximum atomic E-state index is 13.0. The van der Waals surface area contributed by atoms with Gasteiger partial charge in [-0.3, -0.25) is 0 Å². The van der Waals surface area contributed by atoms with Crippen LogP contribution < -0.4 is 4.90 Å². The zero-order valence-corrected chi connectivity index (χ0v) is 9.86. The Labute approximate surface area is 95.9 Å². The van der Waals surface area contributed by atoms with Crippen LogP contribution in [0.25, 0.3) is 0 Å². The van der Waals surface area contributed by atoms with E-state index >= 15 is 0 Å². The van der Waals surface area contributed by atoms with Crippen molar-refractivity contribution >= 4 is 5.82 Å². The molecule has 4 heteroatoms. The van der Waals surface area contributed by atoms with Crippen molar-refractivity contribution in [1.29, 1.82) is 0 Å². The fourth-order valence-electron chi connectivity index (χ4n) is 2.27. The number of nitrogens with zero attached hydrogens (tertiary/aromatic N) is 3. The topological polar surface area (TPSA) is 19.4 Å². The standard InChI is InChI=1S/C12H18FN3/c1-15-7-6-10(8-15)9-16(2)12-5-3-4-11(13)14-12/h3-5,10H,6-9H2,1-2H3.